The molecule has 2 amide bonds. The number of hydrogen-bond acceptors (Lipinski definition) is 2. The predicted molar refractivity (Wildman–Crippen MR) is 67.2 cm³/mol. The molecule has 0 aromatic carbocycles. The van der Waals surface area contributed by atoms with Crippen molar-refractivity contribution in [3.05, 3.63) is 29.6 Å². The molecule has 23 heavy (non-hydrogen) atoms. The Balaban J connectivity index is 1.78. The lowest BCUT2D eigenvalue weighted by molar-refractivity contribution is -0.198. The van der Waals surface area contributed by atoms with Crippen LogP contribution in [0.4, 0.5) is 31.1 Å². The van der Waals surface area contributed by atoms with Gasteiger partial charge in [-0.05, 0) is 30.5 Å². The minimum Gasteiger partial charge on any atom is -0.335 e. The summed E-state index contributed by atoms with van der Waals surface area (Å²) in [6.45, 7) is -0.188. The number of nitrogens with zero attached hydrogens (tertiary/aromatic N) is 1. The fraction of sp³-hybridized carbons (Fsp3) is 0.538. The second-order valence-electron chi connectivity index (χ2n) is 5.28. The molecular formula is C13H13F6N3O. The Labute approximate surface area is 127 Å². The van der Waals surface area contributed by atoms with E-state index in [2.05, 4.69) is 15.6 Å². The number of hydrogen-bond donors (Lipinski definition) is 2. The third kappa shape index (κ3) is 4.73. The first-order valence-electron chi connectivity index (χ1n) is 6.69. The number of aromatic nitrogens is 1. The van der Waals surface area contributed by atoms with Gasteiger partial charge in [0.2, 0.25) is 0 Å². The maximum absolute atomic E-state index is 12.5. The lowest BCUT2D eigenvalue weighted by atomic mass is 9.80. The molecule has 1 heterocycles. The van der Waals surface area contributed by atoms with E-state index in [4.69, 9.17) is 0 Å². The molecule has 0 atom stereocenters. The third-order valence-electron chi connectivity index (χ3n) is 3.50. The van der Waals surface area contributed by atoms with Crippen molar-refractivity contribution in [3.63, 3.8) is 0 Å². The van der Waals surface area contributed by atoms with Crippen LogP contribution in [0.2, 0.25) is 0 Å². The first-order valence-corrected chi connectivity index (χ1v) is 6.69. The van der Waals surface area contributed by atoms with Gasteiger partial charge in [-0.3, -0.25) is 4.98 Å². The average molecular weight is 341 g/mol. The zero-order valence-electron chi connectivity index (χ0n) is 11.6. The van der Waals surface area contributed by atoms with Crippen LogP contribution < -0.4 is 10.6 Å². The van der Waals surface area contributed by atoms with E-state index in [-0.39, 0.29) is 24.9 Å². The average Bonchev–Trinajstić information content (AvgIpc) is 2.38. The van der Waals surface area contributed by atoms with E-state index in [0.29, 0.717) is 0 Å². The second kappa shape index (κ2) is 6.25. The molecule has 1 saturated carbocycles. The Kier molecular flexibility index (Phi) is 4.71. The molecular weight excluding hydrogens is 328 g/mol. The number of rotatable bonds is 3. The fourth-order valence-corrected chi connectivity index (χ4v) is 2.16. The largest absolute Gasteiger partial charge is 0.433 e. The van der Waals surface area contributed by atoms with Crippen LogP contribution in [-0.2, 0) is 12.7 Å². The monoisotopic (exact) mass is 341 g/mol. The normalized spacial score (nSPS) is 21.5. The first-order chi connectivity index (χ1) is 10.6. The van der Waals surface area contributed by atoms with Gasteiger partial charge in [0.1, 0.15) is 5.69 Å². The highest BCUT2D eigenvalue weighted by atomic mass is 19.4. The van der Waals surface area contributed by atoms with Crippen LogP contribution in [0.5, 0.6) is 0 Å². The van der Waals surface area contributed by atoms with Gasteiger partial charge in [-0.25, -0.2) is 4.79 Å². The van der Waals surface area contributed by atoms with Crippen LogP contribution in [0.25, 0.3) is 0 Å². The minimum atomic E-state index is -4.59. The molecule has 0 saturated heterocycles. The maximum atomic E-state index is 12.5. The minimum absolute atomic E-state index is 0.184. The summed E-state index contributed by atoms with van der Waals surface area (Å²) in [6.07, 6.45) is -8.26. The zero-order valence-corrected chi connectivity index (χ0v) is 11.6. The molecule has 0 unspecified atom stereocenters. The highest BCUT2D eigenvalue weighted by molar-refractivity contribution is 5.74. The second-order valence-corrected chi connectivity index (χ2v) is 5.28. The van der Waals surface area contributed by atoms with E-state index in [9.17, 15) is 31.1 Å². The molecule has 2 N–H and O–H groups in total. The number of halogens is 6. The van der Waals surface area contributed by atoms with Crippen molar-refractivity contribution in [2.24, 2.45) is 5.92 Å². The molecule has 1 aromatic heterocycles. The highest BCUT2D eigenvalue weighted by Gasteiger charge is 2.48. The number of urea groups is 1. The van der Waals surface area contributed by atoms with Gasteiger partial charge in [0.15, 0.2) is 0 Å². The van der Waals surface area contributed by atoms with E-state index in [1.165, 1.54) is 6.07 Å². The summed E-state index contributed by atoms with van der Waals surface area (Å²) in [6, 6.07) is 0.799. The molecule has 128 valence electrons. The van der Waals surface area contributed by atoms with Crippen molar-refractivity contribution in [1.82, 2.24) is 15.6 Å². The van der Waals surface area contributed by atoms with Gasteiger partial charge in [0.05, 0.1) is 5.92 Å². The van der Waals surface area contributed by atoms with Crippen LogP contribution in [0.3, 0.4) is 0 Å². The summed E-state index contributed by atoms with van der Waals surface area (Å²) >= 11 is 0. The summed E-state index contributed by atoms with van der Waals surface area (Å²) in [5, 5.41) is 4.65. The maximum Gasteiger partial charge on any atom is 0.433 e. The number of carbonyl (C=O) groups is 1. The van der Waals surface area contributed by atoms with E-state index in [1.807, 2.05) is 0 Å². The number of alkyl halides is 6. The van der Waals surface area contributed by atoms with E-state index >= 15 is 0 Å². The number of pyridine rings is 1. The molecule has 4 nitrogen and oxygen atoms in total. The van der Waals surface area contributed by atoms with Crippen molar-refractivity contribution >= 4 is 6.03 Å². The molecule has 1 aliphatic carbocycles. The van der Waals surface area contributed by atoms with Gasteiger partial charge in [0.25, 0.3) is 0 Å². The van der Waals surface area contributed by atoms with E-state index in [0.717, 1.165) is 12.3 Å². The molecule has 0 radical (unpaired) electrons. The number of carbonyl (C=O) groups excluding carboxylic acids is 1. The lowest BCUT2D eigenvalue weighted by Crippen LogP contribution is -2.51. The third-order valence-corrected chi connectivity index (χ3v) is 3.50. The predicted octanol–water partition coefficient (Wildman–Crippen LogP) is 3.24. The summed E-state index contributed by atoms with van der Waals surface area (Å²) in [5.74, 6) is -1.41. The standard InChI is InChI=1S/C13H13F6N3O/c14-12(15,16)8-4-9(5-8)22-11(23)21-6-7-1-2-20-10(3-7)13(17,18)19/h1-3,8-9H,4-6H2,(H2,21,22,23)/t8-,9-. The number of amides is 2. The fourth-order valence-electron chi connectivity index (χ4n) is 2.16. The van der Waals surface area contributed by atoms with Gasteiger partial charge in [-0.1, -0.05) is 0 Å². The molecule has 0 spiro atoms. The number of nitrogens with one attached hydrogen (secondary N) is 2. The molecule has 0 bridgehead atoms. The van der Waals surface area contributed by atoms with Crippen molar-refractivity contribution in [2.45, 2.75) is 37.8 Å². The molecule has 1 fully saturated rings. The van der Waals surface area contributed by atoms with Crippen LogP contribution in [-0.4, -0.2) is 23.2 Å². The van der Waals surface area contributed by atoms with E-state index < -0.39 is 36.0 Å². The Bertz CT molecular complexity index is 566. The van der Waals surface area contributed by atoms with Crippen LogP contribution in [0.15, 0.2) is 18.3 Å². The lowest BCUT2D eigenvalue weighted by Gasteiger charge is -2.36. The molecule has 0 aliphatic heterocycles. The Morgan fingerprint density at radius 2 is 1.87 bits per heavy atom. The summed E-state index contributed by atoms with van der Waals surface area (Å²) < 4.78 is 74.3. The summed E-state index contributed by atoms with van der Waals surface area (Å²) in [7, 11) is 0. The highest BCUT2D eigenvalue weighted by Crippen LogP contribution is 2.40. The Morgan fingerprint density at radius 3 is 2.43 bits per heavy atom. The van der Waals surface area contributed by atoms with Gasteiger partial charge < -0.3 is 10.6 Å². The van der Waals surface area contributed by atoms with Gasteiger partial charge in [-0.15, -0.1) is 0 Å². The quantitative estimate of drug-likeness (QED) is 0.830. The summed E-state index contributed by atoms with van der Waals surface area (Å²) in [5.41, 5.74) is -0.895. The van der Waals surface area contributed by atoms with Gasteiger partial charge in [-0.2, -0.15) is 26.3 Å². The van der Waals surface area contributed by atoms with Crippen molar-refractivity contribution in [1.29, 1.82) is 0 Å². The van der Waals surface area contributed by atoms with Crippen LogP contribution >= 0.6 is 0 Å². The van der Waals surface area contributed by atoms with E-state index in [1.54, 1.807) is 0 Å². The van der Waals surface area contributed by atoms with Gasteiger partial charge >= 0.3 is 18.4 Å². The topological polar surface area (TPSA) is 54.0 Å². The smallest absolute Gasteiger partial charge is 0.335 e. The first kappa shape index (κ1) is 17.4. The summed E-state index contributed by atoms with van der Waals surface area (Å²) in [4.78, 5) is 14.7. The van der Waals surface area contributed by atoms with Crippen LogP contribution in [0.1, 0.15) is 24.1 Å². The van der Waals surface area contributed by atoms with Crippen molar-refractivity contribution < 1.29 is 31.1 Å². The molecule has 2 rings (SSSR count). The Hall–Kier alpha value is -2.00. The SMILES string of the molecule is O=C(NCc1ccnc(C(F)(F)F)c1)N[C@H]1C[C@H](C(F)(F)F)C1. The van der Waals surface area contributed by atoms with Crippen molar-refractivity contribution in [2.75, 3.05) is 0 Å². The van der Waals surface area contributed by atoms with Crippen molar-refractivity contribution in [3.8, 4) is 0 Å². The zero-order chi connectivity index (χ0) is 17.3. The molecule has 1 aromatic rings. The molecule has 10 heteroatoms. The Morgan fingerprint density at radius 1 is 1.22 bits per heavy atom. The van der Waals surface area contributed by atoms with Crippen LogP contribution in [0, 0.1) is 5.92 Å². The van der Waals surface area contributed by atoms with Gasteiger partial charge in [0, 0.05) is 18.8 Å². The molecule has 1 aliphatic rings.